The molecule has 2 aromatic rings. The first kappa shape index (κ1) is 25.2. The molecule has 37 heavy (non-hydrogen) atoms. The number of benzene rings is 2. The lowest BCUT2D eigenvalue weighted by atomic mass is 9.71. The molecule has 0 unspecified atom stereocenters. The lowest BCUT2D eigenvalue weighted by molar-refractivity contribution is -0.140. The number of ketones is 1. The van der Waals surface area contributed by atoms with E-state index in [0.29, 0.717) is 51.8 Å². The quantitative estimate of drug-likeness (QED) is 0.491. The molecule has 0 bridgehead atoms. The van der Waals surface area contributed by atoms with Gasteiger partial charge in [-0.2, -0.15) is 0 Å². The number of hydrogen-bond donors (Lipinski definition) is 1. The minimum atomic E-state index is -0.678. The third kappa shape index (κ3) is 4.80. The Kier molecular flexibility index (Phi) is 6.90. The van der Waals surface area contributed by atoms with E-state index in [4.69, 9.17) is 30.5 Å². The van der Waals surface area contributed by atoms with Crippen molar-refractivity contribution >= 4 is 23.4 Å². The van der Waals surface area contributed by atoms with Crippen LogP contribution in [0.5, 0.6) is 17.2 Å². The molecule has 0 fully saturated rings. The molecule has 0 radical (unpaired) electrons. The molecule has 2 aromatic carbocycles. The number of ether oxygens (including phenoxy) is 4. The largest absolute Gasteiger partial charge is 0.497 e. The summed E-state index contributed by atoms with van der Waals surface area (Å²) in [5, 5.41) is 3.77. The second kappa shape index (κ2) is 10.1. The number of hydrogen-bond acceptors (Lipinski definition) is 7. The number of Topliss-reactive ketones (excluding diaryl/α,β-unsaturated/α-hetero) is 1. The molecule has 0 aromatic heterocycles. The van der Waals surface area contributed by atoms with Crippen LogP contribution in [0.2, 0.25) is 5.02 Å². The van der Waals surface area contributed by atoms with E-state index in [0.717, 1.165) is 17.0 Å². The fraction of sp³-hybridized carbons (Fsp3) is 0.379. The Morgan fingerprint density at radius 2 is 1.84 bits per heavy atom. The van der Waals surface area contributed by atoms with Gasteiger partial charge in [-0.1, -0.05) is 37.6 Å². The number of allylic oxidation sites excluding steroid dienone is 3. The van der Waals surface area contributed by atoms with Crippen LogP contribution >= 0.6 is 11.6 Å². The third-order valence-corrected chi connectivity index (χ3v) is 7.31. The van der Waals surface area contributed by atoms with Crippen LogP contribution < -0.4 is 19.5 Å². The average Bonchev–Trinajstić information content (AvgIpc) is 3.33. The summed E-state index contributed by atoms with van der Waals surface area (Å²) in [5.41, 5.74) is 4.06. The van der Waals surface area contributed by atoms with Crippen LogP contribution in [0.15, 0.2) is 58.9 Å². The van der Waals surface area contributed by atoms with Gasteiger partial charge >= 0.3 is 5.97 Å². The Hall–Kier alpha value is -3.45. The van der Waals surface area contributed by atoms with Gasteiger partial charge in [0.1, 0.15) is 5.75 Å². The SMILES string of the molecule is COc1ccc([C@@H]2CC(=O)C3=C(C2)NC(C)=C(C(=O)OCC(C)C)[C@@H]3c2cc3c(cc2Cl)OCO3)cc1. The van der Waals surface area contributed by atoms with Crippen LogP contribution in [0.3, 0.4) is 0 Å². The number of fused-ring (bicyclic) bond motifs is 1. The molecule has 194 valence electrons. The Morgan fingerprint density at radius 1 is 1.14 bits per heavy atom. The van der Waals surface area contributed by atoms with Crippen LogP contribution in [0.25, 0.3) is 0 Å². The third-order valence-electron chi connectivity index (χ3n) is 6.99. The van der Waals surface area contributed by atoms with Gasteiger partial charge in [0.05, 0.1) is 19.3 Å². The highest BCUT2D eigenvalue weighted by atomic mass is 35.5. The minimum Gasteiger partial charge on any atom is -0.497 e. The molecule has 0 saturated heterocycles. The van der Waals surface area contributed by atoms with E-state index in [-0.39, 0.29) is 31.0 Å². The maximum Gasteiger partial charge on any atom is 0.336 e. The first-order chi connectivity index (χ1) is 17.8. The summed E-state index contributed by atoms with van der Waals surface area (Å²) in [5.74, 6) is 0.835. The van der Waals surface area contributed by atoms with Gasteiger partial charge in [0.25, 0.3) is 0 Å². The van der Waals surface area contributed by atoms with Gasteiger partial charge in [-0.15, -0.1) is 0 Å². The van der Waals surface area contributed by atoms with Gasteiger partial charge in [0.2, 0.25) is 6.79 Å². The van der Waals surface area contributed by atoms with Gasteiger partial charge in [0, 0.05) is 40.4 Å². The zero-order valence-corrected chi connectivity index (χ0v) is 22.1. The van der Waals surface area contributed by atoms with Crippen LogP contribution in [-0.2, 0) is 14.3 Å². The van der Waals surface area contributed by atoms with E-state index in [1.54, 1.807) is 19.2 Å². The van der Waals surface area contributed by atoms with E-state index in [1.807, 2.05) is 45.0 Å². The number of halogens is 1. The van der Waals surface area contributed by atoms with E-state index >= 15 is 0 Å². The number of carbonyl (C=O) groups excluding carboxylic acids is 2. The molecule has 7 nitrogen and oxygen atoms in total. The monoisotopic (exact) mass is 523 g/mol. The number of dihydropyridines is 1. The zero-order valence-electron chi connectivity index (χ0n) is 21.4. The van der Waals surface area contributed by atoms with E-state index in [1.165, 1.54) is 0 Å². The molecule has 2 atom stereocenters. The van der Waals surface area contributed by atoms with Gasteiger partial charge in [-0.25, -0.2) is 4.79 Å². The second-order valence-electron chi connectivity index (χ2n) is 10.0. The van der Waals surface area contributed by atoms with Crippen LogP contribution in [-0.4, -0.2) is 32.3 Å². The fourth-order valence-electron chi connectivity index (χ4n) is 5.21. The predicted octanol–water partition coefficient (Wildman–Crippen LogP) is 5.64. The molecular formula is C29H30ClNO6. The molecule has 1 aliphatic carbocycles. The van der Waals surface area contributed by atoms with Gasteiger partial charge in [0.15, 0.2) is 17.3 Å². The summed E-state index contributed by atoms with van der Waals surface area (Å²) in [6, 6.07) is 11.3. The van der Waals surface area contributed by atoms with Crippen molar-refractivity contribution in [3.63, 3.8) is 0 Å². The fourth-order valence-corrected chi connectivity index (χ4v) is 5.47. The molecule has 2 heterocycles. The van der Waals surface area contributed by atoms with Crippen molar-refractivity contribution in [3.05, 3.63) is 75.1 Å². The van der Waals surface area contributed by atoms with Crippen molar-refractivity contribution in [1.29, 1.82) is 0 Å². The molecule has 0 amide bonds. The lowest BCUT2D eigenvalue weighted by Crippen LogP contribution is -2.36. The van der Waals surface area contributed by atoms with Crippen molar-refractivity contribution in [2.75, 3.05) is 20.5 Å². The van der Waals surface area contributed by atoms with E-state index in [2.05, 4.69) is 5.32 Å². The number of rotatable bonds is 6. The van der Waals surface area contributed by atoms with Gasteiger partial charge < -0.3 is 24.3 Å². The maximum atomic E-state index is 13.8. The van der Waals surface area contributed by atoms with Crippen LogP contribution in [0, 0.1) is 5.92 Å². The van der Waals surface area contributed by atoms with Crippen molar-refractivity contribution < 1.29 is 28.5 Å². The molecule has 3 aliphatic rings. The van der Waals surface area contributed by atoms with Crippen molar-refractivity contribution in [3.8, 4) is 17.2 Å². The van der Waals surface area contributed by atoms with Crippen LogP contribution in [0.1, 0.15) is 56.6 Å². The van der Waals surface area contributed by atoms with E-state index < -0.39 is 11.9 Å². The standard InChI is InChI=1S/C29H30ClNO6/c1-15(2)13-35-29(33)26-16(3)31-22-9-18(17-5-7-19(34-4)8-6-17)10-23(32)28(22)27(26)20-11-24-25(12-21(20)30)37-14-36-24/h5-8,11-12,15,18,27,31H,9-10,13-14H2,1-4H3/t18-,27-/m0/s1. The summed E-state index contributed by atoms with van der Waals surface area (Å²) in [7, 11) is 1.63. The molecule has 1 N–H and O–H groups in total. The van der Waals surface area contributed by atoms with Crippen molar-refractivity contribution in [2.45, 2.75) is 45.4 Å². The molecule has 0 spiro atoms. The topological polar surface area (TPSA) is 83.1 Å². The number of methoxy groups -OCH3 is 1. The van der Waals surface area contributed by atoms with Crippen molar-refractivity contribution in [2.24, 2.45) is 5.92 Å². The number of nitrogens with one attached hydrogen (secondary N) is 1. The molecular weight excluding hydrogens is 494 g/mol. The highest BCUT2D eigenvalue weighted by Gasteiger charge is 2.42. The Labute approximate surface area is 221 Å². The average molecular weight is 524 g/mol. The Balaban J connectivity index is 1.58. The lowest BCUT2D eigenvalue weighted by Gasteiger charge is -2.37. The van der Waals surface area contributed by atoms with E-state index in [9.17, 15) is 9.59 Å². The Bertz CT molecular complexity index is 1310. The molecule has 8 heteroatoms. The number of carbonyl (C=O) groups is 2. The molecule has 2 aliphatic heterocycles. The maximum absolute atomic E-state index is 13.8. The highest BCUT2D eigenvalue weighted by molar-refractivity contribution is 6.32. The first-order valence-electron chi connectivity index (χ1n) is 12.4. The second-order valence-corrected chi connectivity index (χ2v) is 10.4. The first-order valence-corrected chi connectivity index (χ1v) is 12.8. The van der Waals surface area contributed by atoms with Crippen molar-refractivity contribution in [1.82, 2.24) is 5.32 Å². The smallest absolute Gasteiger partial charge is 0.336 e. The molecule has 5 rings (SSSR count). The van der Waals surface area contributed by atoms with Gasteiger partial charge in [-0.3, -0.25) is 4.79 Å². The summed E-state index contributed by atoms with van der Waals surface area (Å²) in [6.45, 7) is 6.16. The highest BCUT2D eigenvalue weighted by Crippen LogP contribution is 2.49. The number of esters is 1. The molecule has 0 saturated carbocycles. The normalized spacial score (nSPS) is 20.6. The zero-order chi connectivity index (χ0) is 26.3. The van der Waals surface area contributed by atoms with Gasteiger partial charge in [-0.05, 0) is 54.5 Å². The summed E-state index contributed by atoms with van der Waals surface area (Å²) in [6.07, 6.45) is 0.941. The predicted molar refractivity (Wildman–Crippen MR) is 139 cm³/mol. The summed E-state index contributed by atoms with van der Waals surface area (Å²) >= 11 is 6.74. The van der Waals surface area contributed by atoms with Crippen LogP contribution in [0.4, 0.5) is 0 Å². The summed E-state index contributed by atoms with van der Waals surface area (Å²) < 4.78 is 22.0. The Morgan fingerprint density at radius 3 is 2.51 bits per heavy atom. The summed E-state index contributed by atoms with van der Waals surface area (Å²) in [4.78, 5) is 27.2. The minimum absolute atomic E-state index is 0.000209.